The lowest BCUT2D eigenvalue weighted by atomic mass is 9.81. The Morgan fingerprint density at radius 3 is 2.44 bits per heavy atom. The highest BCUT2D eigenvalue weighted by atomic mass is 32.2. The van der Waals surface area contributed by atoms with Crippen molar-refractivity contribution in [1.29, 1.82) is 0 Å². The third kappa shape index (κ3) is 5.96. The average molecular weight is 519 g/mol. The topological polar surface area (TPSA) is 101 Å². The maximum atomic E-state index is 14.6. The van der Waals surface area contributed by atoms with Gasteiger partial charge in [0.05, 0.1) is 16.1 Å². The van der Waals surface area contributed by atoms with Gasteiger partial charge in [0.1, 0.15) is 24.1 Å². The number of rotatable bonds is 6. The van der Waals surface area contributed by atoms with E-state index in [9.17, 15) is 17.6 Å². The van der Waals surface area contributed by atoms with Crippen molar-refractivity contribution in [3.8, 4) is 5.88 Å². The number of aromatic nitrogens is 2. The van der Waals surface area contributed by atoms with Gasteiger partial charge < -0.3 is 15.0 Å². The van der Waals surface area contributed by atoms with E-state index < -0.39 is 15.7 Å². The Morgan fingerprint density at radius 2 is 1.86 bits per heavy atom. The fraction of sp³-hybridized carbons (Fsp3) is 0.577. The zero-order valence-corrected chi connectivity index (χ0v) is 22.4. The molecule has 8 nitrogen and oxygen atoms in total. The molecule has 1 aromatic carbocycles. The number of anilines is 2. The van der Waals surface area contributed by atoms with Gasteiger partial charge >= 0.3 is 0 Å². The van der Waals surface area contributed by atoms with Crippen LogP contribution in [0, 0.1) is 18.2 Å². The van der Waals surface area contributed by atoms with Crippen molar-refractivity contribution >= 4 is 27.2 Å². The molecule has 2 bridgehead atoms. The van der Waals surface area contributed by atoms with Crippen LogP contribution in [0.1, 0.15) is 64.9 Å². The molecule has 4 rings (SSSR count). The number of amides is 1. The van der Waals surface area contributed by atoms with E-state index in [1.807, 2.05) is 0 Å². The molecule has 3 heterocycles. The minimum atomic E-state index is -3.51. The zero-order chi connectivity index (χ0) is 26.3. The second-order valence-corrected chi connectivity index (χ2v) is 13.2. The summed E-state index contributed by atoms with van der Waals surface area (Å²) in [7, 11) is -3.51. The molecule has 2 atom stereocenters. The smallest absolute Gasteiger partial charge is 0.223 e. The predicted octanol–water partition coefficient (Wildman–Crippen LogP) is 4.80. The Hall–Kier alpha value is -2.75. The summed E-state index contributed by atoms with van der Waals surface area (Å²) in [5.74, 6) is 0.324. The standard InChI is InChI=1S/C26H35FN4O4S/c1-16-24(30-22-10-9-20(13-21(22)27)36(5,33)34)28-15-29-25(16)35-19-11-17-7-6-8-18(12-19)31(17)23(32)14-26(2,3)4/h9-10,13,15,17-19H,6-8,11-12,14H2,1-5H3,(H,28,29,30). The van der Waals surface area contributed by atoms with Gasteiger partial charge in [-0.25, -0.2) is 22.8 Å². The summed E-state index contributed by atoms with van der Waals surface area (Å²) in [6, 6.07) is 4.04. The van der Waals surface area contributed by atoms with Gasteiger partial charge in [-0.05, 0) is 49.8 Å². The lowest BCUT2D eigenvalue weighted by Crippen LogP contribution is -2.57. The van der Waals surface area contributed by atoms with Crippen molar-refractivity contribution in [3.05, 3.63) is 35.9 Å². The Kier molecular flexibility index (Phi) is 7.28. The highest BCUT2D eigenvalue weighted by Crippen LogP contribution is 2.38. The number of carbonyl (C=O) groups is 1. The summed E-state index contributed by atoms with van der Waals surface area (Å²) in [6.07, 6.45) is 7.42. The number of fused-ring (bicyclic) bond motifs is 2. The molecule has 0 saturated carbocycles. The van der Waals surface area contributed by atoms with Crippen LogP contribution in [0.4, 0.5) is 15.9 Å². The second kappa shape index (κ2) is 9.95. The molecule has 2 aliphatic rings. The molecule has 2 aliphatic heterocycles. The molecule has 2 unspecified atom stereocenters. The third-order valence-electron chi connectivity index (χ3n) is 6.84. The van der Waals surface area contributed by atoms with Crippen LogP contribution in [-0.2, 0) is 14.6 Å². The molecular weight excluding hydrogens is 483 g/mol. The van der Waals surface area contributed by atoms with Crippen LogP contribution >= 0.6 is 0 Å². The Labute approximate surface area is 212 Å². The molecule has 1 N–H and O–H groups in total. The molecule has 0 radical (unpaired) electrons. The number of hydrogen-bond acceptors (Lipinski definition) is 7. The summed E-state index contributed by atoms with van der Waals surface area (Å²) in [5, 5.41) is 2.93. The number of piperidine rings is 2. The normalized spacial score (nSPS) is 22.3. The van der Waals surface area contributed by atoms with Gasteiger partial charge in [-0.15, -0.1) is 0 Å². The first-order chi connectivity index (χ1) is 16.8. The first-order valence-corrected chi connectivity index (χ1v) is 14.3. The zero-order valence-electron chi connectivity index (χ0n) is 21.5. The number of hydrogen-bond donors (Lipinski definition) is 1. The van der Waals surface area contributed by atoms with Crippen molar-refractivity contribution in [3.63, 3.8) is 0 Å². The molecule has 1 amide bonds. The van der Waals surface area contributed by atoms with E-state index in [0.29, 0.717) is 23.7 Å². The van der Waals surface area contributed by atoms with Crippen molar-refractivity contribution in [2.75, 3.05) is 11.6 Å². The van der Waals surface area contributed by atoms with Crippen LogP contribution in [-0.4, -0.2) is 53.6 Å². The summed E-state index contributed by atoms with van der Waals surface area (Å²) in [5.41, 5.74) is 0.681. The van der Waals surface area contributed by atoms with E-state index in [1.54, 1.807) is 6.92 Å². The van der Waals surface area contributed by atoms with Gasteiger partial charge in [-0.1, -0.05) is 20.8 Å². The molecule has 10 heteroatoms. The number of benzene rings is 1. The number of sulfone groups is 1. The minimum Gasteiger partial charge on any atom is -0.474 e. The molecule has 2 fully saturated rings. The van der Waals surface area contributed by atoms with Crippen molar-refractivity contribution in [1.82, 2.24) is 14.9 Å². The van der Waals surface area contributed by atoms with Crippen LogP contribution in [0.3, 0.4) is 0 Å². The number of nitrogens with zero attached hydrogens (tertiary/aromatic N) is 3. The summed E-state index contributed by atoms with van der Waals surface area (Å²) >= 11 is 0. The van der Waals surface area contributed by atoms with E-state index in [-0.39, 0.29) is 40.1 Å². The molecule has 0 aliphatic carbocycles. The molecule has 36 heavy (non-hydrogen) atoms. The van der Waals surface area contributed by atoms with Gasteiger partial charge in [0.25, 0.3) is 0 Å². The van der Waals surface area contributed by atoms with Crippen molar-refractivity contribution < 1.29 is 22.3 Å². The molecule has 1 aromatic heterocycles. The van der Waals surface area contributed by atoms with E-state index in [2.05, 4.69) is 41.0 Å². The lowest BCUT2D eigenvalue weighted by molar-refractivity contribution is -0.145. The Morgan fingerprint density at radius 1 is 1.19 bits per heavy atom. The van der Waals surface area contributed by atoms with Gasteiger partial charge in [-0.2, -0.15) is 0 Å². The van der Waals surface area contributed by atoms with Crippen LogP contribution in [0.5, 0.6) is 5.88 Å². The van der Waals surface area contributed by atoms with Gasteiger partial charge in [0, 0.05) is 37.6 Å². The van der Waals surface area contributed by atoms with E-state index >= 15 is 0 Å². The van der Waals surface area contributed by atoms with Crippen LogP contribution < -0.4 is 10.1 Å². The van der Waals surface area contributed by atoms with Crippen molar-refractivity contribution in [2.45, 2.75) is 89.3 Å². The molecule has 0 spiro atoms. The fourth-order valence-corrected chi connectivity index (χ4v) is 5.80. The van der Waals surface area contributed by atoms with Gasteiger partial charge in [-0.3, -0.25) is 4.79 Å². The quantitative estimate of drug-likeness (QED) is 0.586. The number of carbonyl (C=O) groups excluding carboxylic acids is 1. The summed E-state index contributed by atoms with van der Waals surface area (Å²) in [4.78, 5) is 23.6. The maximum Gasteiger partial charge on any atom is 0.223 e. The van der Waals surface area contributed by atoms with Crippen LogP contribution in [0.25, 0.3) is 0 Å². The average Bonchev–Trinajstić information content (AvgIpc) is 2.75. The third-order valence-corrected chi connectivity index (χ3v) is 7.95. The van der Waals surface area contributed by atoms with Gasteiger partial charge in [0.15, 0.2) is 9.84 Å². The van der Waals surface area contributed by atoms with Crippen LogP contribution in [0.15, 0.2) is 29.4 Å². The molecule has 2 saturated heterocycles. The SMILES string of the molecule is Cc1c(Nc2ccc(S(C)(=O)=O)cc2F)ncnc1OC1CC2CCCC(C1)N2C(=O)CC(C)(C)C. The number of halogens is 1. The Balaban J connectivity index is 1.48. The first kappa shape index (κ1) is 26.3. The second-order valence-electron chi connectivity index (χ2n) is 11.2. The first-order valence-electron chi connectivity index (χ1n) is 12.4. The largest absolute Gasteiger partial charge is 0.474 e. The summed E-state index contributed by atoms with van der Waals surface area (Å²) in [6.45, 7) is 8.06. The predicted molar refractivity (Wildman–Crippen MR) is 136 cm³/mol. The van der Waals surface area contributed by atoms with E-state index in [4.69, 9.17) is 4.74 Å². The highest BCUT2D eigenvalue weighted by molar-refractivity contribution is 7.90. The maximum absolute atomic E-state index is 14.6. The number of ether oxygens (including phenoxy) is 1. The van der Waals surface area contributed by atoms with Gasteiger partial charge in [0.2, 0.25) is 11.8 Å². The Bertz CT molecular complexity index is 1230. The van der Waals surface area contributed by atoms with E-state index in [0.717, 1.165) is 44.4 Å². The minimum absolute atomic E-state index is 0.0508. The number of nitrogens with one attached hydrogen (secondary N) is 1. The highest BCUT2D eigenvalue weighted by Gasteiger charge is 2.42. The van der Waals surface area contributed by atoms with Crippen LogP contribution in [0.2, 0.25) is 0 Å². The summed E-state index contributed by atoms with van der Waals surface area (Å²) < 4.78 is 44.3. The molecule has 196 valence electrons. The lowest BCUT2D eigenvalue weighted by Gasteiger charge is -2.49. The molecule has 2 aromatic rings. The monoisotopic (exact) mass is 518 g/mol. The van der Waals surface area contributed by atoms with E-state index in [1.165, 1.54) is 18.5 Å². The molecular formula is C26H35FN4O4S. The van der Waals surface area contributed by atoms with Crippen molar-refractivity contribution in [2.24, 2.45) is 5.41 Å². The fourth-order valence-electron chi connectivity index (χ4n) is 5.17.